The van der Waals surface area contributed by atoms with Crippen LogP contribution in [0.15, 0.2) is 0 Å². The molecule has 0 fully saturated rings. The second-order valence-electron chi connectivity index (χ2n) is 0.417. The van der Waals surface area contributed by atoms with Crippen molar-refractivity contribution in [3.63, 3.8) is 0 Å². The van der Waals surface area contributed by atoms with Crippen molar-refractivity contribution in [1.82, 2.24) is 0 Å². The highest BCUT2D eigenvalue weighted by Gasteiger charge is 1.79. The predicted octanol–water partition coefficient (Wildman–Crippen LogP) is -1.59. The summed E-state index contributed by atoms with van der Waals surface area (Å²) in [6.45, 7) is 0. The van der Waals surface area contributed by atoms with Gasteiger partial charge in [-0.15, -0.1) is 0 Å². The zero-order chi connectivity index (χ0) is 4.28. The van der Waals surface area contributed by atoms with Crippen LogP contribution >= 0.6 is 0 Å². The first kappa shape index (κ1) is 9.09. The zero-order valence-corrected chi connectivity index (χ0v) is 2.30. The maximum atomic E-state index is 9.01. The van der Waals surface area contributed by atoms with Crippen molar-refractivity contribution in [2.45, 2.75) is 0 Å². The highest BCUT2D eigenvalue weighted by molar-refractivity contribution is 5.83. The van der Waals surface area contributed by atoms with E-state index in [2.05, 4.69) is 0 Å². The highest BCUT2D eigenvalue weighted by Crippen LogP contribution is 1.44. The van der Waals surface area contributed by atoms with Gasteiger partial charge in [0.25, 0.3) is 0 Å². The molecule has 32 valence electrons. The van der Waals surface area contributed by atoms with E-state index in [-0.39, 0.29) is 17.4 Å². The molecule has 0 spiro atoms. The first-order valence-electron chi connectivity index (χ1n) is 0.901. The third kappa shape index (κ3) is 9.74. The molecule has 0 aliphatic carbocycles. The van der Waals surface area contributed by atoms with Crippen molar-refractivity contribution in [3.8, 4) is 6.07 Å². The van der Waals surface area contributed by atoms with Gasteiger partial charge in [-0.3, -0.25) is 0 Å². The second kappa shape index (κ2) is 4.49. The number of carboxylic acids is 1. The Morgan fingerprint density at radius 1 is 1.83 bits per heavy atom. The summed E-state index contributed by atoms with van der Waals surface area (Å²) in [6, 6.07) is 0.944. The Morgan fingerprint density at radius 2 is 2.00 bits per heavy atom. The lowest BCUT2D eigenvalue weighted by Crippen LogP contribution is -1.83. The van der Waals surface area contributed by atoms with Gasteiger partial charge in [0.15, 0.2) is 23.4 Å². The van der Waals surface area contributed by atoms with Gasteiger partial charge in [-0.1, -0.05) is 0 Å². The number of hydrogen-bond acceptors (Lipinski definition) is 2. The molecule has 0 saturated heterocycles. The van der Waals surface area contributed by atoms with Gasteiger partial charge in [0.1, 0.15) is 0 Å². The van der Waals surface area contributed by atoms with Crippen molar-refractivity contribution in [3.05, 3.63) is 0 Å². The number of nitrogens with zero attached hydrogens (tertiary/aromatic N) is 1. The molecule has 0 aromatic carbocycles. The number of nitriles is 1. The zero-order valence-electron chi connectivity index (χ0n) is 2.30. The predicted molar refractivity (Wildman–Crippen MR) is 23.2 cm³/mol. The third-order valence-electron chi connectivity index (χ3n) is 0.0956. The average Bonchev–Trinajstić information content (AvgIpc) is 1.38. The average molecular weight is 101 g/mol. The van der Waals surface area contributed by atoms with Crippen LogP contribution in [0.2, 0.25) is 0 Å². The van der Waals surface area contributed by atoms with Crippen molar-refractivity contribution in [2.75, 3.05) is 0 Å². The van der Waals surface area contributed by atoms with Gasteiger partial charge in [0, 0.05) is 0 Å². The van der Waals surface area contributed by atoms with Crippen LogP contribution in [0, 0.1) is 11.3 Å². The van der Waals surface area contributed by atoms with Crippen LogP contribution in [-0.4, -0.2) is 28.4 Å². The fourth-order valence-corrected chi connectivity index (χ4v) is 0. The molecule has 0 amide bonds. The maximum Gasteiger partial charge on any atom is 0.408 e. The van der Waals surface area contributed by atoms with E-state index in [4.69, 9.17) is 15.2 Å². The number of rotatable bonds is 0. The molecule has 4 heteroatoms. The van der Waals surface area contributed by atoms with Gasteiger partial charge in [-0.2, -0.15) is 5.26 Å². The lowest BCUT2D eigenvalue weighted by molar-refractivity contribution is -0.130. The smallest absolute Gasteiger partial charge is 0.408 e. The summed E-state index contributed by atoms with van der Waals surface area (Å²) in [7, 11) is 0. The number of carbonyl (C=O) groups is 1. The molecule has 0 atom stereocenters. The van der Waals surface area contributed by atoms with Crippen molar-refractivity contribution < 1.29 is 9.90 Å². The summed E-state index contributed by atoms with van der Waals surface area (Å²) < 4.78 is 0. The molecule has 3 nitrogen and oxygen atoms in total. The second-order valence-corrected chi connectivity index (χ2v) is 0.417. The van der Waals surface area contributed by atoms with E-state index in [1.54, 1.807) is 0 Å². The van der Waals surface area contributed by atoms with E-state index in [9.17, 15) is 0 Å². The van der Waals surface area contributed by atoms with Crippen LogP contribution in [-0.2, 0) is 4.79 Å². The van der Waals surface area contributed by atoms with E-state index in [1.807, 2.05) is 0 Å². The summed E-state index contributed by atoms with van der Waals surface area (Å²) in [4.78, 5) is 9.01. The summed E-state index contributed by atoms with van der Waals surface area (Å²) >= 11 is 0. The number of carboxylic acid groups (broad SMARTS) is 1. The monoisotopic (exact) mass is 101 g/mol. The molecule has 0 aliphatic rings. The molecular weight excluding hydrogens is 97.0 g/mol. The first-order valence-corrected chi connectivity index (χ1v) is 0.901. The normalized spacial score (nSPS) is 4.50. The van der Waals surface area contributed by atoms with Crippen LogP contribution in [0.1, 0.15) is 0 Å². The quantitative estimate of drug-likeness (QED) is 0.227. The fourth-order valence-electron chi connectivity index (χ4n) is 0. The van der Waals surface area contributed by atoms with Gasteiger partial charge in [-0.05, 0) is 0 Å². The SMILES string of the molecule is N#CC(=O)O.[AlH3]. The molecule has 6 heavy (non-hydrogen) atoms. The molecule has 0 aromatic rings. The third-order valence-corrected chi connectivity index (χ3v) is 0.0956. The Hall–Kier alpha value is -0.508. The number of hydrogen-bond donors (Lipinski definition) is 1. The summed E-state index contributed by atoms with van der Waals surface area (Å²) in [5.41, 5.74) is 0. The molecule has 0 radical (unpaired) electrons. The minimum absolute atomic E-state index is 0. The van der Waals surface area contributed by atoms with Gasteiger partial charge >= 0.3 is 5.97 Å². The summed E-state index contributed by atoms with van der Waals surface area (Å²) in [5, 5.41) is 14.7. The largest absolute Gasteiger partial charge is 0.470 e. The minimum atomic E-state index is -1.44. The number of aliphatic carboxylic acids is 1. The van der Waals surface area contributed by atoms with Gasteiger partial charge in [0.2, 0.25) is 0 Å². The van der Waals surface area contributed by atoms with Gasteiger partial charge in [0.05, 0.1) is 0 Å². The lowest BCUT2D eigenvalue weighted by Gasteiger charge is -1.56. The highest BCUT2D eigenvalue weighted by atomic mass is 27.0. The Bertz CT molecular complexity index is 84.0. The molecule has 0 unspecified atom stereocenters. The maximum absolute atomic E-state index is 9.01. The molecule has 0 saturated carbocycles. The molecule has 0 aromatic heterocycles. The van der Waals surface area contributed by atoms with Crippen LogP contribution in [0.25, 0.3) is 0 Å². The minimum Gasteiger partial charge on any atom is -0.470 e. The molecule has 1 N–H and O–H groups in total. The Balaban J connectivity index is 0. The molecule has 0 rings (SSSR count). The summed E-state index contributed by atoms with van der Waals surface area (Å²) in [5.74, 6) is -1.44. The van der Waals surface area contributed by atoms with E-state index in [1.165, 1.54) is 0 Å². The van der Waals surface area contributed by atoms with E-state index >= 15 is 0 Å². The fraction of sp³-hybridized carbons (Fsp3) is 0. The molecule has 0 aliphatic heterocycles. The van der Waals surface area contributed by atoms with Crippen molar-refractivity contribution in [1.29, 1.82) is 5.26 Å². The molecular formula is C2H4AlNO2. The summed E-state index contributed by atoms with van der Waals surface area (Å²) in [6.07, 6.45) is 0. The van der Waals surface area contributed by atoms with Crippen molar-refractivity contribution >= 4 is 23.3 Å². The van der Waals surface area contributed by atoms with Gasteiger partial charge in [-0.25, -0.2) is 4.79 Å². The van der Waals surface area contributed by atoms with Crippen LogP contribution in [0.5, 0.6) is 0 Å². The van der Waals surface area contributed by atoms with Crippen LogP contribution in [0.4, 0.5) is 0 Å². The van der Waals surface area contributed by atoms with E-state index in [0.29, 0.717) is 0 Å². The van der Waals surface area contributed by atoms with E-state index < -0.39 is 5.97 Å². The Kier molecular flexibility index (Phi) is 6.80. The van der Waals surface area contributed by atoms with E-state index in [0.717, 1.165) is 6.07 Å². The molecule has 0 heterocycles. The van der Waals surface area contributed by atoms with Crippen molar-refractivity contribution in [2.24, 2.45) is 0 Å². The first-order chi connectivity index (χ1) is 2.27. The standard InChI is InChI=1S/C2HNO2.Al.3H/c3-1-2(4)5;;;;/h(H,4,5);;;;. The topological polar surface area (TPSA) is 61.1 Å². The van der Waals surface area contributed by atoms with Crippen LogP contribution < -0.4 is 0 Å². The lowest BCUT2D eigenvalue weighted by atomic mass is 10.8. The molecule has 0 bridgehead atoms. The van der Waals surface area contributed by atoms with Gasteiger partial charge < -0.3 is 5.11 Å². The van der Waals surface area contributed by atoms with Crippen LogP contribution in [0.3, 0.4) is 0 Å². The Labute approximate surface area is 45.3 Å². The Morgan fingerprint density at radius 3 is 2.00 bits per heavy atom.